The molecular formula is C15H14Cl2N2O2. The Bertz CT molecular complexity index is 679. The van der Waals surface area contributed by atoms with Crippen LogP contribution in [0.25, 0.3) is 0 Å². The first-order valence-corrected chi connectivity index (χ1v) is 6.88. The van der Waals surface area contributed by atoms with Crippen LogP contribution in [0.4, 0.5) is 11.4 Å². The fraction of sp³-hybridized carbons (Fsp3) is 0.133. The number of nitrogen functional groups attached to an aromatic ring is 1. The standard InChI is InChI=1S/C15H14Cl2N2O2/c1-8-5-10(18)7-12(17)14(8)19-15(20)11-6-9(16)3-4-13(11)21-2/h3-7H,18H2,1-2H3,(H,19,20). The third-order valence-electron chi connectivity index (χ3n) is 2.95. The van der Waals surface area contributed by atoms with Gasteiger partial charge in [-0.3, -0.25) is 4.79 Å². The first-order valence-electron chi connectivity index (χ1n) is 6.13. The Kier molecular flexibility index (Phi) is 4.60. The molecule has 1 amide bonds. The normalized spacial score (nSPS) is 10.3. The van der Waals surface area contributed by atoms with Crippen molar-refractivity contribution in [3.05, 3.63) is 51.5 Å². The molecular weight excluding hydrogens is 311 g/mol. The number of hydrogen-bond donors (Lipinski definition) is 2. The van der Waals surface area contributed by atoms with E-state index in [1.165, 1.54) is 13.2 Å². The summed E-state index contributed by atoms with van der Waals surface area (Å²) in [5.74, 6) is 0.0743. The molecule has 0 atom stereocenters. The average Bonchev–Trinajstić information content (AvgIpc) is 2.42. The molecule has 0 bridgehead atoms. The lowest BCUT2D eigenvalue weighted by atomic mass is 10.1. The molecule has 0 aromatic heterocycles. The van der Waals surface area contributed by atoms with Crippen molar-refractivity contribution < 1.29 is 9.53 Å². The molecule has 0 aliphatic rings. The van der Waals surface area contributed by atoms with Crippen LogP contribution in [-0.4, -0.2) is 13.0 Å². The van der Waals surface area contributed by atoms with E-state index in [0.29, 0.717) is 32.7 Å². The third kappa shape index (κ3) is 3.40. The molecule has 0 aliphatic carbocycles. The van der Waals surface area contributed by atoms with Crippen LogP contribution in [-0.2, 0) is 0 Å². The SMILES string of the molecule is COc1ccc(Cl)cc1C(=O)Nc1c(C)cc(N)cc1Cl. The van der Waals surface area contributed by atoms with Gasteiger partial charge in [-0.1, -0.05) is 23.2 Å². The maximum absolute atomic E-state index is 12.4. The molecule has 6 heteroatoms. The summed E-state index contributed by atoms with van der Waals surface area (Å²) in [7, 11) is 1.49. The topological polar surface area (TPSA) is 64.3 Å². The number of ether oxygens (including phenoxy) is 1. The number of carbonyl (C=O) groups is 1. The number of benzene rings is 2. The minimum Gasteiger partial charge on any atom is -0.496 e. The van der Waals surface area contributed by atoms with Crippen molar-refractivity contribution in [3.63, 3.8) is 0 Å². The third-order valence-corrected chi connectivity index (χ3v) is 3.49. The van der Waals surface area contributed by atoms with E-state index in [9.17, 15) is 4.79 Å². The fourth-order valence-corrected chi connectivity index (χ4v) is 2.46. The maximum Gasteiger partial charge on any atom is 0.259 e. The van der Waals surface area contributed by atoms with Crippen molar-refractivity contribution in [2.75, 3.05) is 18.2 Å². The molecule has 21 heavy (non-hydrogen) atoms. The van der Waals surface area contributed by atoms with Crippen molar-refractivity contribution in [2.24, 2.45) is 0 Å². The second-order valence-corrected chi connectivity index (χ2v) is 5.34. The number of halogens is 2. The fourth-order valence-electron chi connectivity index (χ4n) is 1.97. The Balaban J connectivity index is 2.37. The number of hydrogen-bond acceptors (Lipinski definition) is 3. The van der Waals surface area contributed by atoms with Crippen LogP contribution in [0.15, 0.2) is 30.3 Å². The molecule has 0 saturated carbocycles. The number of nitrogens with two attached hydrogens (primary N) is 1. The van der Waals surface area contributed by atoms with E-state index in [-0.39, 0.29) is 5.91 Å². The van der Waals surface area contributed by atoms with Gasteiger partial charge in [0.25, 0.3) is 5.91 Å². The van der Waals surface area contributed by atoms with E-state index < -0.39 is 0 Å². The molecule has 3 N–H and O–H groups in total. The zero-order chi connectivity index (χ0) is 15.6. The van der Waals surface area contributed by atoms with Crippen LogP contribution in [0.2, 0.25) is 10.0 Å². The number of amides is 1. The second-order valence-electron chi connectivity index (χ2n) is 4.49. The molecule has 0 fully saturated rings. The minimum atomic E-state index is -0.357. The Hall–Kier alpha value is -1.91. The maximum atomic E-state index is 12.4. The monoisotopic (exact) mass is 324 g/mol. The smallest absolute Gasteiger partial charge is 0.259 e. The Morgan fingerprint density at radius 3 is 2.57 bits per heavy atom. The number of anilines is 2. The van der Waals surface area contributed by atoms with Crippen LogP contribution in [0.3, 0.4) is 0 Å². The van der Waals surface area contributed by atoms with Crippen molar-refractivity contribution in [3.8, 4) is 5.75 Å². The molecule has 0 spiro atoms. The summed E-state index contributed by atoms with van der Waals surface area (Å²) >= 11 is 12.0. The summed E-state index contributed by atoms with van der Waals surface area (Å²) in [6, 6.07) is 8.14. The number of methoxy groups -OCH3 is 1. The lowest BCUT2D eigenvalue weighted by Gasteiger charge is -2.13. The first kappa shape index (κ1) is 15.5. The van der Waals surface area contributed by atoms with E-state index in [1.807, 2.05) is 6.92 Å². The van der Waals surface area contributed by atoms with Crippen molar-refractivity contribution in [2.45, 2.75) is 6.92 Å². The quantitative estimate of drug-likeness (QED) is 0.834. The highest BCUT2D eigenvalue weighted by Crippen LogP contribution is 2.30. The second kappa shape index (κ2) is 6.24. The Labute approximate surface area is 132 Å². The van der Waals surface area contributed by atoms with Crippen LogP contribution >= 0.6 is 23.2 Å². The average molecular weight is 325 g/mol. The molecule has 0 heterocycles. The highest BCUT2D eigenvalue weighted by atomic mass is 35.5. The predicted molar refractivity (Wildman–Crippen MR) is 86.6 cm³/mol. The van der Waals surface area contributed by atoms with Gasteiger partial charge in [0.1, 0.15) is 5.75 Å². The summed E-state index contributed by atoms with van der Waals surface area (Å²) in [5, 5.41) is 3.58. The van der Waals surface area contributed by atoms with Crippen LogP contribution in [0.5, 0.6) is 5.75 Å². The lowest BCUT2D eigenvalue weighted by molar-refractivity contribution is 0.102. The molecule has 2 aromatic rings. The van der Waals surface area contributed by atoms with Gasteiger partial charge in [0.15, 0.2) is 0 Å². The van der Waals surface area contributed by atoms with Crippen molar-refractivity contribution in [1.82, 2.24) is 0 Å². The summed E-state index contributed by atoms with van der Waals surface area (Å²) in [6.45, 7) is 1.81. The minimum absolute atomic E-state index is 0.331. The molecule has 0 radical (unpaired) electrons. The molecule has 0 unspecified atom stereocenters. The Morgan fingerprint density at radius 2 is 1.95 bits per heavy atom. The summed E-state index contributed by atoms with van der Waals surface area (Å²) < 4.78 is 5.17. The number of aryl methyl sites for hydroxylation is 1. The molecule has 0 aliphatic heterocycles. The van der Waals surface area contributed by atoms with Gasteiger partial charge in [-0.25, -0.2) is 0 Å². The van der Waals surface area contributed by atoms with Gasteiger partial charge in [-0.2, -0.15) is 0 Å². The highest BCUT2D eigenvalue weighted by Gasteiger charge is 2.16. The van der Waals surface area contributed by atoms with Crippen molar-refractivity contribution in [1.29, 1.82) is 0 Å². The summed E-state index contributed by atoms with van der Waals surface area (Å²) in [5.41, 5.74) is 7.85. The Morgan fingerprint density at radius 1 is 1.24 bits per heavy atom. The van der Waals surface area contributed by atoms with Crippen LogP contribution in [0, 0.1) is 6.92 Å². The highest BCUT2D eigenvalue weighted by molar-refractivity contribution is 6.34. The molecule has 110 valence electrons. The number of rotatable bonds is 3. The van der Waals surface area contributed by atoms with Gasteiger partial charge in [-0.05, 0) is 42.8 Å². The predicted octanol–water partition coefficient (Wildman–Crippen LogP) is 4.14. The largest absolute Gasteiger partial charge is 0.496 e. The first-order chi connectivity index (χ1) is 9.92. The molecule has 0 saturated heterocycles. The van der Waals surface area contributed by atoms with Gasteiger partial charge in [0.05, 0.1) is 23.4 Å². The number of carbonyl (C=O) groups excluding carboxylic acids is 1. The van der Waals surface area contributed by atoms with Gasteiger partial charge < -0.3 is 15.8 Å². The molecule has 4 nitrogen and oxygen atoms in total. The van der Waals surface area contributed by atoms with Gasteiger partial charge in [0.2, 0.25) is 0 Å². The van der Waals surface area contributed by atoms with Gasteiger partial charge in [0, 0.05) is 10.7 Å². The van der Waals surface area contributed by atoms with E-state index in [1.54, 1.807) is 24.3 Å². The van der Waals surface area contributed by atoms with Crippen molar-refractivity contribution >= 4 is 40.5 Å². The molecule has 2 rings (SSSR count). The van der Waals surface area contributed by atoms with E-state index in [4.69, 9.17) is 33.7 Å². The zero-order valence-electron chi connectivity index (χ0n) is 11.5. The van der Waals surface area contributed by atoms with Crippen LogP contribution in [0.1, 0.15) is 15.9 Å². The zero-order valence-corrected chi connectivity index (χ0v) is 13.0. The summed E-state index contributed by atoms with van der Waals surface area (Å²) in [4.78, 5) is 12.4. The molecule has 2 aromatic carbocycles. The van der Waals surface area contributed by atoms with Gasteiger partial charge in [-0.15, -0.1) is 0 Å². The van der Waals surface area contributed by atoms with E-state index >= 15 is 0 Å². The lowest BCUT2D eigenvalue weighted by Crippen LogP contribution is -2.14. The van der Waals surface area contributed by atoms with E-state index in [0.717, 1.165) is 5.56 Å². The van der Waals surface area contributed by atoms with Gasteiger partial charge >= 0.3 is 0 Å². The van der Waals surface area contributed by atoms with Crippen LogP contribution < -0.4 is 15.8 Å². The summed E-state index contributed by atoms with van der Waals surface area (Å²) in [6.07, 6.45) is 0. The van der Waals surface area contributed by atoms with E-state index in [2.05, 4.69) is 5.32 Å². The number of nitrogens with one attached hydrogen (secondary N) is 1.